The van der Waals surface area contributed by atoms with E-state index in [1.807, 2.05) is 24.3 Å². The van der Waals surface area contributed by atoms with E-state index in [9.17, 15) is 14.9 Å². The number of benzene rings is 2. The third-order valence-electron chi connectivity index (χ3n) is 3.15. The predicted molar refractivity (Wildman–Crippen MR) is 89.2 cm³/mol. The van der Waals surface area contributed by atoms with Crippen LogP contribution in [0.25, 0.3) is 10.2 Å². The summed E-state index contributed by atoms with van der Waals surface area (Å²) in [5, 5.41) is 20.1. The van der Waals surface area contributed by atoms with Crippen LogP contribution >= 0.6 is 23.1 Å². The normalized spacial score (nSPS) is 10.8. The van der Waals surface area contributed by atoms with Gasteiger partial charge in [-0.3, -0.25) is 10.1 Å². The Hall–Kier alpha value is -2.45. The zero-order valence-corrected chi connectivity index (χ0v) is 13.3. The summed E-state index contributed by atoms with van der Waals surface area (Å²) >= 11 is 2.93. The number of rotatable bonds is 5. The lowest BCUT2D eigenvalue weighted by Crippen LogP contribution is -2.00. The second-order valence-electron chi connectivity index (χ2n) is 4.64. The number of aromatic carboxylic acids is 1. The topological polar surface area (TPSA) is 93.3 Å². The Morgan fingerprint density at radius 3 is 2.78 bits per heavy atom. The van der Waals surface area contributed by atoms with Gasteiger partial charge in [-0.15, -0.1) is 11.3 Å². The number of nitro groups is 1. The van der Waals surface area contributed by atoms with E-state index in [1.165, 1.54) is 35.2 Å². The largest absolute Gasteiger partial charge is 0.478 e. The van der Waals surface area contributed by atoms with E-state index in [2.05, 4.69) is 4.98 Å². The molecule has 0 spiro atoms. The lowest BCUT2D eigenvalue weighted by atomic mass is 10.1. The Kier molecular flexibility index (Phi) is 4.26. The van der Waals surface area contributed by atoms with E-state index >= 15 is 0 Å². The summed E-state index contributed by atoms with van der Waals surface area (Å²) in [7, 11) is 0. The molecule has 0 bridgehead atoms. The van der Waals surface area contributed by atoms with Crippen molar-refractivity contribution in [3.05, 3.63) is 63.7 Å². The maximum Gasteiger partial charge on any atom is 0.335 e. The van der Waals surface area contributed by atoms with Gasteiger partial charge in [0.05, 0.1) is 20.7 Å². The predicted octanol–water partition coefficient (Wildman–Crippen LogP) is 4.20. The summed E-state index contributed by atoms with van der Waals surface area (Å²) in [5.41, 5.74) is 1.10. The monoisotopic (exact) mass is 346 g/mol. The lowest BCUT2D eigenvalue weighted by molar-refractivity contribution is -0.385. The number of fused-ring (bicyclic) bond motifs is 1. The molecule has 0 saturated carbocycles. The molecule has 8 heteroatoms. The van der Waals surface area contributed by atoms with Gasteiger partial charge in [0.15, 0.2) is 4.34 Å². The smallest absolute Gasteiger partial charge is 0.335 e. The minimum absolute atomic E-state index is 0.0922. The number of aromatic nitrogens is 1. The first kappa shape index (κ1) is 15.4. The number of nitro benzene ring substituents is 1. The Bertz CT molecular complexity index is 874. The number of para-hydroxylation sites is 1. The fourth-order valence-corrected chi connectivity index (χ4v) is 4.11. The summed E-state index contributed by atoms with van der Waals surface area (Å²) in [6.45, 7) is 0. The van der Waals surface area contributed by atoms with Crippen molar-refractivity contribution in [1.29, 1.82) is 0 Å². The standard InChI is InChI=1S/C15H10N2O4S2/c18-14(19)9-5-6-10(12(7-9)17(20)21)8-22-15-16-11-3-1-2-4-13(11)23-15/h1-7H,8H2,(H,18,19). The van der Waals surface area contributed by atoms with E-state index in [-0.39, 0.29) is 11.3 Å². The van der Waals surface area contributed by atoms with Crippen molar-refractivity contribution >= 4 is 45.0 Å². The summed E-state index contributed by atoms with van der Waals surface area (Å²) < 4.78 is 1.88. The maximum atomic E-state index is 11.1. The van der Waals surface area contributed by atoms with Crippen molar-refractivity contribution in [2.45, 2.75) is 10.1 Å². The number of thiazole rings is 1. The van der Waals surface area contributed by atoms with Gasteiger partial charge < -0.3 is 5.11 Å². The third kappa shape index (κ3) is 3.33. The molecule has 0 aliphatic rings. The van der Waals surface area contributed by atoms with Gasteiger partial charge in [0.1, 0.15) is 0 Å². The van der Waals surface area contributed by atoms with Crippen LogP contribution in [0.1, 0.15) is 15.9 Å². The molecule has 23 heavy (non-hydrogen) atoms. The lowest BCUT2D eigenvalue weighted by Gasteiger charge is -2.03. The molecule has 1 heterocycles. The highest BCUT2D eigenvalue weighted by molar-refractivity contribution is 8.00. The van der Waals surface area contributed by atoms with Crippen molar-refractivity contribution < 1.29 is 14.8 Å². The third-order valence-corrected chi connectivity index (χ3v) is 5.38. The van der Waals surface area contributed by atoms with Gasteiger partial charge in [-0.2, -0.15) is 0 Å². The van der Waals surface area contributed by atoms with Crippen LogP contribution in [-0.4, -0.2) is 21.0 Å². The molecule has 116 valence electrons. The van der Waals surface area contributed by atoms with E-state index in [4.69, 9.17) is 5.11 Å². The Balaban J connectivity index is 1.84. The molecule has 2 aromatic carbocycles. The van der Waals surface area contributed by atoms with Crippen molar-refractivity contribution in [3.63, 3.8) is 0 Å². The number of carboxylic acids is 1. The number of nitrogens with zero attached hydrogens (tertiary/aromatic N) is 2. The van der Waals surface area contributed by atoms with Gasteiger partial charge in [-0.25, -0.2) is 9.78 Å². The molecule has 0 aliphatic carbocycles. The summed E-state index contributed by atoms with van der Waals surface area (Å²) in [6.07, 6.45) is 0. The van der Waals surface area contributed by atoms with Gasteiger partial charge in [-0.05, 0) is 18.2 Å². The van der Waals surface area contributed by atoms with Gasteiger partial charge in [0.25, 0.3) is 5.69 Å². The van der Waals surface area contributed by atoms with Gasteiger partial charge in [-0.1, -0.05) is 30.0 Å². The van der Waals surface area contributed by atoms with Crippen LogP contribution in [-0.2, 0) is 5.75 Å². The fraction of sp³-hybridized carbons (Fsp3) is 0.0667. The molecule has 6 nitrogen and oxygen atoms in total. The number of carboxylic acid groups (broad SMARTS) is 1. The highest BCUT2D eigenvalue weighted by Crippen LogP contribution is 2.33. The van der Waals surface area contributed by atoms with E-state index in [1.54, 1.807) is 0 Å². The first-order chi connectivity index (χ1) is 11.0. The maximum absolute atomic E-state index is 11.1. The van der Waals surface area contributed by atoms with Gasteiger partial charge in [0, 0.05) is 17.4 Å². The van der Waals surface area contributed by atoms with Crippen LogP contribution in [0.15, 0.2) is 46.8 Å². The van der Waals surface area contributed by atoms with Gasteiger partial charge >= 0.3 is 5.97 Å². The van der Waals surface area contributed by atoms with Crippen molar-refractivity contribution in [3.8, 4) is 0 Å². The molecule has 0 aliphatic heterocycles. The molecule has 0 unspecified atom stereocenters. The molecule has 1 N–H and O–H groups in total. The highest BCUT2D eigenvalue weighted by atomic mass is 32.2. The van der Waals surface area contributed by atoms with Crippen molar-refractivity contribution in [2.24, 2.45) is 0 Å². The highest BCUT2D eigenvalue weighted by Gasteiger charge is 2.17. The Labute approximate surface area is 138 Å². The molecule has 0 saturated heterocycles. The molecule has 0 fully saturated rings. The van der Waals surface area contributed by atoms with Crippen LogP contribution in [0.5, 0.6) is 0 Å². The summed E-state index contributed by atoms with van der Waals surface area (Å²) in [5.74, 6) is -0.825. The average Bonchev–Trinajstić information content (AvgIpc) is 2.95. The van der Waals surface area contributed by atoms with Crippen LogP contribution in [0.4, 0.5) is 5.69 Å². The first-order valence-corrected chi connectivity index (χ1v) is 8.34. The Morgan fingerprint density at radius 1 is 1.30 bits per heavy atom. The zero-order valence-electron chi connectivity index (χ0n) is 11.6. The number of hydrogen-bond donors (Lipinski definition) is 1. The van der Waals surface area contributed by atoms with E-state index < -0.39 is 10.9 Å². The minimum atomic E-state index is -1.18. The SMILES string of the molecule is O=C(O)c1ccc(CSc2nc3ccccc3s2)c([N+](=O)[O-])c1. The molecule has 3 aromatic rings. The summed E-state index contributed by atoms with van der Waals surface area (Å²) in [6, 6.07) is 11.7. The number of carbonyl (C=O) groups is 1. The van der Waals surface area contributed by atoms with Crippen LogP contribution in [0.2, 0.25) is 0 Å². The van der Waals surface area contributed by atoms with Crippen LogP contribution in [0.3, 0.4) is 0 Å². The number of hydrogen-bond acceptors (Lipinski definition) is 6. The van der Waals surface area contributed by atoms with Crippen LogP contribution in [0, 0.1) is 10.1 Å². The summed E-state index contributed by atoms with van der Waals surface area (Å²) in [4.78, 5) is 26.0. The fourth-order valence-electron chi connectivity index (χ4n) is 2.04. The van der Waals surface area contributed by atoms with Gasteiger partial charge in [0.2, 0.25) is 0 Å². The number of thioether (sulfide) groups is 1. The quantitative estimate of drug-likeness (QED) is 0.423. The molecule has 3 rings (SSSR count). The zero-order chi connectivity index (χ0) is 16.4. The average molecular weight is 346 g/mol. The molecule has 1 aromatic heterocycles. The minimum Gasteiger partial charge on any atom is -0.478 e. The molecule has 0 atom stereocenters. The molecule has 0 radical (unpaired) electrons. The molecule has 0 amide bonds. The molecular weight excluding hydrogens is 336 g/mol. The molecular formula is C15H10N2O4S2. The Morgan fingerprint density at radius 2 is 2.09 bits per heavy atom. The van der Waals surface area contributed by atoms with E-state index in [0.29, 0.717) is 11.3 Å². The second-order valence-corrected chi connectivity index (χ2v) is 6.90. The van der Waals surface area contributed by atoms with Crippen LogP contribution < -0.4 is 0 Å². The second kappa shape index (κ2) is 6.35. The van der Waals surface area contributed by atoms with Crippen molar-refractivity contribution in [1.82, 2.24) is 4.98 Å². The van der Waals surface area contributed by atoms with E-state index in [0.717, 1.165) is 20.6 Å². The first-order valence-electron chi connectivity index (χ1n) is 6.53. The van der Waals surface area contributed by atoms with Crippen molar-refractivity contribution in [2.75, 3.05) is 0 Å².